The number of para-hydroxylation sites is 1. The second-order valence-electron chi connectivity index (χ2n) is 9.02. The Morgan fingerprint density at radius 3 is 2.71 bits per heavy atom. The SMILES string of the molecule is CCOC(=O)C1=C(c2ccccc2)N=c2s/c(=C/c3cccc([N+](=O)[O-])c3O)c(=O)n2[C@H]1c1ccc2c(c1)OCO2. The van der Waals surface area contributed by atoms with Crippen LogP contribution >= 0.6 is 11.3 Å². The molecule has 1 atom stereocenters. The lowest BCUT2D eigenvalue weighted by molar-refractivity contribution is -0.385. The van der Waals surface area contributed by atoms with Gasteiger partial charge in [0.15, 0.2) is 16.3 Å². The summed E-state index contributed by atoms with van der Waals surface area (Å²) in [6, 6.07) is 17.4. The van der Waals surface area contributed by atoms with Crippen molar-refractivity contribution >= 4 is 34.8 Å². The first-order valence-electron chi connectivity index (χ1n) is 12.5. The Labute approximate surface area is 235 Å². The topological polar surface area (TPSA) is 142 Å². The fourth-order valence-corrected chi connectivity index (χ4v) is 5.78. The third-order valence-electron chi connectivity index (χ3n) is 6.62. The highest BCUT2D eigenvalue weighted by Gasteiger charge is 2.36. The van der Waals surface area contributed by atoms with Gasteiger partial charge in [0.2, 0.25) is 12.5 Å². The average Bonchev–Trinajstić information content (AvgIpc) is 3.57. The molecule has 3 aromatic carbocycles. The maximum absolute atomic E-state index is 14.0. The van der Waals surface area contributed by atoms with Crippen LogP contribution in [0, 0.1) is 10.1 Å². The molecule has 1 N–H and O–H groups in total. The molecule has 11 nitrogen and oxygen atoms in total. The number of aromatic hydroxyl groups is 1. The van der Waals surface area contributed by atoms with Gasteiger partial charge in [-0.2, -0.15) is 0 Å². The number of nitro groups is 1. The van der Waals surface area contributed by atoms with Crippen molar-refractivity contribution in [1.29, 1.82) is 0 Å². The number of thiazole rings is 1. The van der Waals surface area contributed by atoms with E-state index in [1.807, 2.05) is 30.3 Å². The van der Waals surface area contributed by atoms with Crippen molar-refractivity contribution < 1.29 is 29.0 Å². The van der Waals surface area contributed by atoms with Gasteiger partial charge in [-0.3, -0.25) is 19.5 Å². The number of benzene rings is 3. The summed E-state index contributed by atoms with van der Waals surface area (Å²) in [5.41, 5.74) is 0.822. The zero-order valence-electron chi connectivity index (χ0n) is 21.5. The summed E-state index contributed by atoms with van der Waals surface area (Å²) in [4.78, 5) is 43.2. The molecule has 0 saturated carbocycles. The number of esters is 1. The molecule has 6 rings (SSSR count). The molecule has 2 aliphatic rings. The molecule has 0 aliphatic carbocycles. The summed E-state index contributed by atoms with van der Waals surface area (Å²) < 4.78 is 18.0. The van der Waals surface area contributed by atoms with E-state index in [-0.39, 0.29) is 29.1 Å². The van der Waals surface area contributed by atoms with Crippen molar-refractivity contribution in [2.45, 2.75) is 13.0 Å². The number of aromatic nitrogens is 1. The Kier molecular flexibility index (Phi) is 6.59. The van der Waals surface area contributed by atoms with Gasteiger partial charge in [-0.05, 0) is 30.7 Å². The van der Waals surface area contributed by atoms with Crippen LogP contribution < -0.4 is 24.4 Å². The largest absolute Gasteiger partial charge is 0.502 e. The van der Waals surface area contributed by atoms with Crippen LogP contribution in [-0.4, -0.2) is 34.0 Å². The quantitative estimate of drug-likeness (QED) is 0.211. The number of nitro benzene ring substituents is 1. The maximum atomic E-state index is 14.0. The minimum Gasteiger partial charge on any atom is -0.502 e. The van der Waals surface area contributed by atoms with Crippen molar-refractivity contribution in [2.75, 3.05) is 13.4 Å². The Morgan fingerprint density at radius 1 is 1.17 bits per heavy atom. The van der Waals surface area contributed by atoms with E-state index in [2.05, 4.69) is 0 Å². The van der Waals surface area contributed by atoms with Crippen molar-refractivity contribution in [1.82, 2.24) is 4.57 Å². The average molecular weight is 572 g/mol. The number of rotatable bonds is 6. The number of hydrogen-bond acceptors (Lipinski definition) is 10. The predicted octanol–water partition coefficient (Wildman–Crippen LogP) is 3.28. The first-order valence-corrected chi connectivity index (χ1v) is 13.3. The van der Waals surface area contributed by atoms with Gasteiger partial charge in [0, 0.05) is 17.2 Å². The van der Waals surface area contributed by atoms with Crippen LogP contribution in [-0.2, 0) is 9.53 Å². The number of phenolic OH excluding ortho intramolecular Hbond substituents is 1. The first kappa shape index (κ1) is 26.0. The third kappa shape index (κ3) is 4.53. The van der Waals surface area contributed by atoms with Crippen LogP contribution in [0.5, 0.6) is 17.2 Å². The summed E-state index contributed by atoms with van der Waals surface area (Å²) in [6.45, 7) is 1.84. The van der Waals surface area contributed by atoms with Crippen LogP contribution in [0.25, 0.3) is 11.8 Å². The number of hydrogen-bond donors (Lipinski definition) is 1. The molecule has 0 saturated heterocycles. The fraction of sp³-hybridized carbons (Fsp3) is 0.138. The molecule has 4 aromatic rings. The van der Waals surface area contributed by atoms with Crippen LogP contribution in [0.4, 0.5) is 5.69 Å². The highest BCUT2D eigenvalue weighted by molar-refractivity contribution is 7.07. The van der Waals surface area contributed by atoms with E-state index in [0.29, 0.717) is 33.1 Å². The number of fused-ring (bicyclic) bond motifs is 2. The van der Waals surface area contributed by atoms with E-state index in [0.717, 1.165) is 11.3 Å². The van der Waals surface area contributed by atoms with Crippen LogP contribution in [0.15, 0.2) is 82.1 Å². The molecule has 1 aromatic heterocycles. The number of ether oxygens (including phenoxy) is 3. The van der Waals surface area contributed by atoms with Crippen molar-refractivity contribution in [3.05, 3.63) is 119 Å². The summed E-state index contributed by atoms with van der Waals surface area (Å²) in [7, 11) is 0. The van der Waals surface area contributed by atoms with Crippen molar-refractivity contribution in [2.24, 2.45) is 4.99 Å². The van der Waals surface area contributed by atoms with E-state index in [1.54, 1.807) is 25.1 Å². The number of phenols is 1. The van der Waals surface area contributed by atoms with Gasteiger partial charge in [0.25, 0.3) is 5.56 Å². The van der Waals surface area contributed by atoms with Gasteiger partial charge in [0.05, 0.1) is 33.4 Å². The lowest BCUT2D eigenvalue weighted by atomic mass is 9.93. The lowest BCUT2D eigenvalue weighted by Gasteiger charge is -2.26. The molecule has 0 bridgehead atoms. The minimum absolute atomic E-state index is 0.0457. The Morgan fingerprint density at radius 2 is 1.95 bits per heavy atom. The monoisotopic (exact) mass is 571 g/mol. The number of nitrogens with zero attached hydrogens (tertiary/aromatic N) is 3. The van der Waals surface area contributed by atoms with Gasteiger partial charge in [0.1, 0.15) is 0 Å². The molecule has 0 unspecified atom stereocenters. The smallest absolute Gasteiger partial charge is 0.338 e. The summed E-state index contributed by atoms with van der Waals surface area (Å²) >= 11 is 1.03. The van der Waals surface area contributed by atoms with E-state index >= 15 is 0 Å². The predicted molar refractivity (Wildman–Crippen MR) is 148 cm³/mol. The molecule has 0 fully saturated rings. The Hall–Kier alpha value is -5.23. The van der Waals surface area contributed by atoms with Gasteiger partial charge >= 0.3 is 11.7 Å². The molecule has 0 radical (unpaired) electrons. The van der Waals surface area contributed by atoms with Crippen molar-refractivity contribution in [3.63, 3.8) is 0 Å². The van der Waals surface area contributed by atoms with Gasteiger partial charge < -0.3 is 19.3 Å². The lowest BCUT2D eigenvalue weighted by Crippen LogP contribution is -2.40. The third-order valence-corrected chi connectivity index (χ3v) is 7.60. The van der Waals surface area contributed by atoms with Gasteiger partial charge in [-0.25, -0.2) is 9.79 Å². The summed E-state index contributed by atoms with van der Waals surface area (Å²) in [5.74, 6) is -0.198. The molecular weight excluding hydrogens is 550 g/mol. The minimum atomic E-state index is -0.948. The molecule has 0 amide bonds. The Balaban J connectivity index is 1.65. The molecule has 0 spiro atoms. The van der Waals surface area contributed by atoms with Crippen molar-refractivity contribution in [3.8, 4) is 17.2 Å². The van der Waals surface area contributed by atoms with E-state index in [4.69, 9.17) is 19.2 Å². The van der Waals surface area contributed by atoms with E-state index in [9.17, 15) is 24.8 Å². The molecule has 2 aliphatic heterocycles. The normalized spacial score (nSPS) is 15.8. The maximum Gasteiger partial charge on any atom is 0.338 e. The second-order valence-corrected chi connectivity index (χ2v) is 10.0. The molecule has 12 heteroatoms. The summed E-state index contributed by atoms with van der Waals surface area (Å²) in [6.07, 6.45) is 1.37. The molecule has 3 heterocycles. The zero-order chi connectivity index (χ0) is 28.7. The van der Waals surface area contributed by atoms with Crippen LogP contribution in [0.2, 0.25) is 0 Å². The van der Waals surface area contributed by atoms with E-state index < -0.39 is 33.9 Å². The van der Waals surface area contributed by atoms with Gasteiger partial charge in [-0.15, -0.1) is 0 Å². The standard InChI is InChI=1S/C29H21N3O8S/c1-2-38-28(35)23-24(16-7-4-3-5-8-16)30-29-31(25(23)17-11-12-20-21(13-17)40-15-39-20)27(34)22(41-29)14-18-9-6-10-19(26(18)33)32(36)37/h3-14,25,33H,2,15H2,1H3/b22-14+/t25-/m0/s1. The summed E-state index contributed by atoms with van der Waals surface area (Å²) in [5, 5.41) is 21.8. The number of carbonyl (C=O) groups excluding carboxylic acids is 1. The highest BCUT2D eigenvalue weighted by Crippen LogP contribution is 2.40. The molecular formula is C29H21N3O8S. The highest BCUT2D eigenvalue weighted by atomic mass is 32.1. The van der Waals surface area contributed by atoms with Crippen LogP contribution in [0.1, 0.15) is 29.7 Å². The van der Waals surface area contributed by atoms with Gasteiger partial charge in [-0.1, -0.05) is 59.9 Å². The van der Waals surface area contributed by atoms with Crippen LogP contribution in [0.3, 0.4) is 0 Å². The first-order chi connectivity index (χ1) is 19.9. The van der Waals surface area contributed by atoms with E-state index in [1.165, 1.54) is 28.8 Å². The fourth-order valence-electron chi connectivity index (χ4n) is 4.79. The number of carbonyl (C=O) groups is 1. The second kappa shape index (κ2) is 10.4. The molecule has 41 heavy (non-hydrogen) atoms. The Bertz CT molecular complexity index is 1930. The molecule has 206 valence electrons. The zero-order valence-corrected chi connectivity index (χ0v) is 22.3.